The summed E-state index contributed by atoms with van der Waals surface area (Å²) in [7, 11) is 0. The van der Waals surface area contributed by atoms with Gasteiger partial charge >= 0.3 is 21.4 Å². The predicted molar refractivity (Wildman–Crippen MR) is 75.0 cm³/mol. The van der Waals surface area contributed by atoms with Crippen molar-refractivity contribution in [1.82, 2.24) is 0 Å². The molecule has 0 aliphatic heterocycles. The molecule has 0 aliphatic carbocycles. The highest BCUT2D eigenvalue weighted by atomic mass is 79.9. The van der Waals surface area contributed by atoms with Crippen molar-refractivity contribution in [1.29, 1.82) is 0 Å². The average Bonchev–Trinajstić information content (AvgIpc) is 2.47. The van der Waals surface area contributed by atoms with Crippen LogP contribution >= 0.6 is 31.9 Å². The smallest absolute Gasteiger partial charge is 0.290 e. The molecule has 0 saturated heterocycles. The third-order valence-electron chi connectivity index (χ3n) is 2.42. The Morgan fingerprint density at radius 1 is 0.577 bits per heavy atom. The lowest BCUT2D eigenvalue weighted by Gasteiger charge is -2.26. The van der Waals surface area contributed by atoms with Crippen molar-refractivity contribution in [3.63, 3.8) is 0 Å². The number of hydrogen-bond acceptors (Lipinski definition) is 14. The Bertz CT molecular complexity index is 582. The van der Waals surface area contributed by atoms with Gasteiger partial charge in [-0.2, -0.15) is 0 Å². The van der Waals surface area contributed by atoms with Gasteiger partial charge in [0.05, 0.1) is 31.9 Å². The summed E-state index contributed by atoms with van der Waals surface area (Å²) >= 11 is 3.59. The summed E-state index contributed by atoms with van der Waals surface area (Å²) in [4.78, 5) is 64.3. The van der Waals surface area contributed by atoms with Crippen LogP contribution in [0.1, 0.15) is 0 Å². The summed E-state index contributed by atoms with van der Waals surface area (Å²) in [5, 5.41) is 61.0. The third-order valence-corrected chi connectivity index (χ3v) is 4.48. The molecule has 0 fully saturated rings. The Hall–Kier alpha value is -3.04. The molecule has 0 N–H and O–H groups in total. The van der Waals surface area contributed by atoms with Crippen LogP contribution in [0.2, 0.25) is 0 Å². The largest absolute Gasteiger partial charge is 0.539 e. The zero-order valence-corrected chi connectivity index (χ0v) is 14.5. The molecule has 0 amide bonds. The van der Waals surface area contributed by atoms with Crippen LogP contribution in [-0.4, -0.2) is 51.2 Å². The van der Waals surface area contributed by atoms with E-state index in [2.05, 4.69) is 9.68 Å². The third kappa shape index (κ3) is 4.13. The van der Waals surface area contributed by atoms with Gasteiger partial charge in [0.15, 0.2) is 0 Å². The molecule has 0 aliphatic rings. The topological polar surface area (TPSA) is 277 Å². The second kappa shape index (κ2) is 7.89. The van der Waals surface area contributed by atoms with Gasteiger partial charge in [-0.15, -0.1) is 20.2 Å². The zero-order chi connectivity index (χ0) is 21.0. The lowest BCUT2D eigenvalue weighted by atomic mass is 10.1. The van der Waals surface area contributed by atoms with Crippen LogP contribution in [0.25, 0.3) is 0 Å². The van der Waals surface area contributed by atoms with E-state index in [-0.39, 0.29) is 0 Å². The van der Waals surface area contributed by atoms with E-state index in [4.69, 9.17) is 0 Å². The molecular formula is C4H2Br2N6O14. The molecular weight excluding hydrogens is 516 g/mol. The van der Waals surface area contributed by atoms with E-state index in [0.29, 0.717) is 0 Å². The fraction of sp³-hybridized carbons (Fsp3) is 1.00. The van der Waals surface area contributed by atoms with E-state index in [1.165, 1.54) is 0 Å². The van der Waals surface area contributed by atoms with Crippen molar-refractivity contribution < 1.29 is 39.5 Å². The van der Waals surface area contributed by atoms with Crippen LogP contribution in [0.5, 0.6) is 0 Å². The first-order valence-electron chi connectivity index (χ1n) is 5.21. The molecule has 0 radical (unpaired) electrons. The normalized spacial score (nSPS) is 13.8. The van der Waals surface area contributed by atoms with Crippen LogP contribution in [0.3, 0.4) is 0 Å². The lowest BCUT2D eigenvalue weighted by Crippen LogP contribution is -2.66. The maximum Gasteiger partial charge on any atom is 0.539 e. The molecule has 0 saturated carbocycles. The summed E-state index contributed by atoms with van der Waals surface area (Å²) in [5.74, 6) is 0. The fourth-order valence-corrected chi connectivity index (χ4v) is 2.01. The van der Waals surface area contributed by atoms with Gasteiger partial charge in [0, 0.05) is 0 Å². The van der Waals surface area contributed by atoms with Gasteiger partial charge in [-0.1, -0.05) is 0 Å². The van der Waals surface area contributed by atoms with Gasteiger partial charge in [0.2, 0.25) is 0 Å². The van der Waals surface area contributed by atoms with Crippen LogP contribution in [0.4, 0.5) is 0 Å². The minimum absolute atomic E-state index is 1.79. The molecule has 0 bridgehead atoms. The van der Waals surface area contributed by atoms with Crippen LogP contribution < -0.4 is 0 Å². The van der Waals surface area contributed by atoms with E-state index < -0.39 is 51.2 Å². The maximum absolute atomic E-state index is 11.0. The highest BCUT2D eigenvalue weighted by Crippen LogP contribution is 2.38. The standard InChI is InChI=1S/C4H2Br2N6O14/c5-3(7(13)14,8(15)16)1(25-11(21)22)2(26-12(23)24)4(6,9(17)18)10(19)20/h1-2H. The van der Waals surface area contributed by atoms with E-state index in [0.717, 1.165) is 0 Å². The lowest BCUT2D eigenvalue weighted by molar-refractivity contribution is -0.868. The highest BCUT2D eigenvalue weighted by molar-refractivity contribution is 9.10. The summed E-state index contributed by atoms with van der Waals surface area (Å²) < 4.78 is -8.18. The molecule has 0 aromatic rings. The minimum Gasteiger partial charge on any atom is -0.290 e. The monoisotopic (exact) mass is 516 g/mol. The van der Waals surface area contributed by atoms with Crippen LogP contribution in [-0.2, 0) is 9.68 Å². The summed E-state index contributed by atoms with van der Waals surface area (Å²) in [5.41, 5.74) is 0. The van der Waals surface area contributed by atoms with E-state index in [9.17, 15) is 60.7 Å². The number of nitrogens with zero attached hydrogens (tertiary/aromatic N) is 6. The Balaban J connectivity index is 6.84. The highest BCUT2D eigenvalue weighted by Gasteiger charge is 2.78. The first kappa shape index (κ1) is 23.0. The second-order valence-corrected chi connectivity index (χ2v) is 6.13. The van der Waals surface area contributed by atoms with Crippen molar-refractivity contribution >= 4 is 31.9 Å². The van der Waals surface area contributed by atoms with Crippen molar-refractivity contribution in [3.8, 4) is 0 Å². The SMILES string of the molecule is O=[N+]([O-])OC(C(O[N+](=O)[O-])C(Br)([N+](=O)[O-])[N+](=O)[O-])C(Br)([N+](=O)[O-])[N+](=O)[O-]. The number of nitro groups is 4. The quantitative estimate of drug-likeness (QED) is 0.108. The Kier molecular flexibility index (Phi) is 6.97. The van der Waals surface area contributed by atoms with Gasteiger partial charge in [0.1, 0.15) is 19.7 Å². The number of hydrogen-bond donors (Lipinski definition) is 0. The fourth-order valence-electron chi connectivity index (χ4n) is 1.36. The van der Waals surface area contributed by atoms with E-state index in [1.54, 1.807) is 31.9 Å². The molecule has 0 rings (SSSR count). The maximum atomic E-state index is 11.0. The molecule has 0 heterocycles. The number of alkyl halides is 2. The van der Waals surface area contributed by atoms with Gasteiger partial charge in [-0.3, -0.25) is 50.1 Å². The predicted octanol–water partition coefficient (Wildman–Crippen LogP) is -0.656. The second-order valence-electron chi connectivity index (χ2n) is 3.80. The minimum atomic E-state index is -4.09. The van der Waals surface area contributed by atoms with Gasteiger partial charge in [0.25, 0.3) is 10.2 Å². The van der Waals surface area contributed by atoms with Crippen LogP contribution in [0, 0.1) is 60.7 Å². The number of halogens is 2. The number of rotatable bonds is 11. The average molecular weight is 518 g/mol. The van der Waals surface area contributed by atoms with Gasteiger partial charge in [-0.05, 0) is 0 Å². The molecule has 0 spiro atoms. The molecule has 0 aromatic carbocycles. The van der Waals surface area contributed by atoms with E-state index >= 15 is 0 Å². The molecule has 22 heteroatoms. The summed E-state index contributed by atoms with van der Waals surface area (Å²) in [6.45, 7) is 0. The van der Waals surface area contributed by atoms with Crippen molar-refractivity contribution in [3.05, 3.63) is 60.7 Å². The van der Waals surface area contributed by atoms with Gasteiger partial charge < -0.3 is 0 Å². The molecule has 2 atom stereocenters. The first-order chi connectivity index (χ1) is 11.6. The van der Waals surface area contributed by atoms with Crippen molar-refractivity contribution in [2.24, 2.45) is 0 Å². The Labute approximate surface area is 154 Å². The molecule has 0 aromatic heterocycles. The van der Waals surface area contributed by atoms with Gasteiger partial charge in [-0.25, -0.2) is 0 Å². The Morgan fingerprint density at radius 2 is 0.769 bits per heavy atom. The summed E-state index contributed by atoms with van der Waals surface area (Å²) in [6.07, 6.45) is -6.99. The first-order valence-corrected chi connectivity index (χ1v) is 6.80. The van der Waals surface area contributed by atoms with Crippen molar-refractivity contribution in [2.75, 3.05) is 0 Å². The van der Waals surface area contributed by atoms with Crippen LogP contribution in [0.15, 0.2) is 0 Å². The zero-order valence-electron chi connectivity index (χ0n) is 11.3. The summed E-state index contributed by atoms with van der Waals surface area (Å²) in [6, 6.07) is 0. The molecule has 20 nitrogen and oxygen atoms in total. The molecule has 26 heavy (non-hydrogen) atoms. The Morgan fingerprint density at radius 3 is 0.885 bits per heavy atom. The molecule has 2 unspecified atom stereocenters. The van der Waals surface area contributed by atoms with E-state index in [1.807, 2.05) is 0 Å². The van der Waals surface area contributed by atoms with Crippen molar-refractivity contribution in [2.45, 2.75) is 21.4 Å². The molecule has 146 valence electrons.